The Bertz CT molecular complexity index is 743. The van der Waals surface area contributed by atoms with E-state index < -0.39 is 33.5 Å². The molecule has 0 heterocycles. The summed E-state index contributed by atoms with van der Waals surface area (Å²) in [5.41, 5.74) is 0. The molecule has 0 aliphatic heterocycles. The van der Waals surface area contributed by atoms with E-state index in [9.17, 15) is 18.0 Å². The molecule has 26 heavy (non-hydrogen) atoms. The summed E-state index contributed by atoms with van der Waals surface area (Å²) in [4.78, 5) is 23.1. The lowest BCUT2D eigenvalue weighted by Gasteiger charge is -2.16. The summed E-state index contributed by atoms with van der Waals surface area (Å²) < 4.78 is 35.0. The van der Waals surface area contributed by atoms with Gasteiger partial charge in [0.25, 0.3) is 0 Å². The number of nitrogens with one attached hydrogen (secondary N) is 1. The third kappa shape index (κ3) is 6.21. The Hall–Kier alpha value is -2.29. The summed E-state index contributed by atoms with van der Waals surface area (Å²) in [5, 5.41) is 11.5. The second-order valence-electron chi connectivity index (χ2n) is 6.17. The highest BCUT2D eigenvalue weighted by atomic mass is 32.2. The van der Waals surface area contributed by atoms with Gasteiger partial charge in [0.05, 0.1) is 24.9 Å². The first-order valence-corrected chi connectivity index (χ1v) is 9.73. The van der Waals surface area contributed by atoms with E-state index in [4.69, 9.17) is 14.6 Å². The van der Waals surface area contributed by atoms with Crippen molar-refractivity contribution in [3.05, 3.63) is 18.2 Å². The van der Waals surface area contributed by atoms with Gasteiger partial charge in [0.1, 0.15) is 6.04 Å². The van der Waals surface area contributed by atoms with Crippen molar-refractivity contribution in [2.75, 3.05) is 20.0 Å². The van der Waals surface area contributed by atoms with Gasteiger partial charge in [-0.1, -0.05) is 13.8 Å². The molecule has 9 heteroatoms. The number of benzene rings is 1. The first-order valence-electron chi connectivity index (χ1n) is 8.07. The van der Waals surface area contributed by atoms with Crippen molar-refractivity contribution in [1.29, 1.82) is 0 Å². The van der Waals surface area contributed by atoms with Gasteiger partial charge in [-0.3, -0.25) is 4.79 Å². The predicted molar refractivity (Wildman–Crippen MR) is 95.2 cm³/mol. The highest BCUT2D eigenvalue weighted by Gasteiger charge is 2.23. The summed E-state index contributed by atoms with van der Waals surface area (Å²) in [5.74, 6) is -1.48. The van der Waals surface area contributed by atoms with Crippen LogP contribution in [0.15, 0.2) is 23.1 Å². The lowest BCUT2D eigenvalue weighted by atomic mass is 10.0. The second kappa shape index (κ2) is 9.42. The lowest BCUT2D eigenvalue weighted by Crippen LogP contribution is -2.42. The summed E-state index contributed by atoms with van der Waals surface area (Å²) in [7, 11) is -0.908. The van der Waals surface area contributed by atoms with Gasteiger partial charge in [0, 0.05) is 12.5 Å². The van der Waals surface area contributed by atoms with E-state index in [0.717, 1.165) is 0 Å². The van der Waals surface area contributed by atoms with Gasteiger partial charge < -0.3 is 19.9 Å². The van der Waals surface area contributed by atoms with Crippen molar-refractivity contribution in [3.8, 4) is 11.5 Å². The summed E-state index contributed by atoms with van der Waals surface area (Å²) >= 11 is 0. The first kappa shape index (κ1) is 21.8. The van der Waals surface area contributed by atoms with E-state index in [2.05, 4.69) is 5.32 Å². The minimum atomic E-state index is -3.74. The van der Waals surface area contributed by atoms with E-state index in [0.29, 0.717) is 5.75 Å². The minimum Gasteiger partial charge on any atom is -0.493 e. The van der Waals surface area contributed by atoms with Crippen LogP contribution in [0.4, 0.5) is 0 Å². The van der Waals surface area contributed by atoms with Crippen LogP contribution in [-0.4, -0.2) is 51.4 Å². The Morgan fingerprint density at radius 1 is 1.15 bits per heavy atom. The third-order valence-electron chi connectivity index (χ3n) is 3.65. The molecule has 0 radical (unpaired) electrons. The number of carbonyl (C=O) groups excluding carboxylic acids is 1. The normalized spacial score (nSPS) is 12.5. The average molecular weight is 387 g/mol. The van der Waals surface area contributed by atoms with E-state index in [1.54, 1.807) is 0 Å². The van der Waals surface area contributed by atoms with Crippen LogP contribution in [0, 0.1) is 5.92 Å². The third-order valence-corrected chi connectivity index (χ3v) is 5.37. The van der Waals surface area contributed by atoms with Crippen LogP contribution in [0.2, 0.25) is 0 Å². The molecule has 0 saturated carbocycles. The van der Waals surface area contributed by atoms with Crippen LogP contribution in [0.5, 0.6) is 11.5 Å². The molecule has 0 bridgehead atoms. The van der Waals surface area contributed by atoms with Crippen molar-refractivity contribution in [3.63, 3.8) is 0 Å². The van der Waals surface area contributed by atoms with Gasteiger partial charge in [0.2, 0.25) is 5.91 Å². The smallest absolute Gasteiger partial charge is 0.326 e. The molecule has 0 fully saturated rings. The van der Waals surface area contributed by atoms with Crippen molar-refractivity contribution in [2.24, 2.45) is 5.92 Å². The molecular weight excluding hydrogens is 362 g/mol. The zero-order chi connectivity index (χ0) is 19.9. The molecule has 8 nitrogen and oxygen atoms in total. The minimum absolute atomic E-state index is 0.0000787. The Labute approximate surface area is 153 Å². The number of hydrogen-bond acceptors (Lipinski definition) is 6. The molecule has 0 aliphatic rings. The fourth-order valence-electron chi connectivity index (χ4n) is 2.31. The number of methoxy groups -OCH3 is 2. The molecular formula is C17H25NO7S. The quantitative estimate of drug-likeness (QED) is 0.624. The molecule has 1 aromatic carbocycles. The standard InChI is InChI=1S/C17H25NO7S/c1-11(2)9-13(17(20)21)18-16(19)7-8-26(22,23)12-5-6-14(24-3)15(10-12)25-4/h5-6,10-11,13H,7-9H2,1-4H3,(H,18,19)(H,20,21). The summed E-state index contributed by atoms with van der Waals surface area (Å²) in [6, 6.07) is 3.12. The predicted octanol–water partition coefficient (Wildman–Crippen LogP) is 1.48. The Morgan fingerprint density at radius 3 is 2.27 bits per heavy atom. The van der Waals surface area contributed by atoms with Crippen LogP contribution in [0.3, 0.4) is 0 Å². The average Bonchev–Trinajstić information content (AvgIpc) is 2.58. The lowest BCUT2D eigenvalue weighted by molar-refractivity contribution is -0.142. The molecule has 0 saturated heterocycles. The van der Waals surface area contributed by atoms with Crippen LogP contribution < -0.4 is 14.8 Å². The van der Waals surface area contributed by atoms with Crippen LogP contribution in [0.25, 0.3) is 0 Å². The van der Waals surface area contributed by atoms with Crippen LogP contribution >= 0.6 is 0 Å². The maximum absolute atomic E-state index is 12.4. The molecule has 0 aromatic heterocycles. The molecule has 1 rings (SSSR count). The summed E-state index contributed by atoms with van der Waals surface area (Å²) in [6.45, 7) is 3.67. The van der Waals surface area contributed by atoms with E-state index in [1.165, 1.54) is 32.4 Å². The Morgan fingerprint density at radius 2 is 1.77 bits per heavy atom. The number of ether oxygens (including phenoxy) is 2. The number of sulfone groups is 1. The van der Waals surface area contributed by atoms with Crippen molar-refractivity contribution in [2.45, 2.75) is 37.6 Å². The van der Waals surface area contributed by atoms with E-state index in [1.807, 2.05) is 13.8 Å². The first-order chi connectivity index (χ1) is 12.1. The second-order valence-corrected chi connectivity index (χ2v) is 8.28. The number of carbonyl (C=O) groups is 2. The molecule has 1 unspecified atom stereocenters. The number of carboxylic acid groups (broad SMARTS) is 1. The monoisotopic (exact) mass is 387 g/mol. The van der Waals surface area contributed by atoms with Gasteiger partial charge >= 0.3 is 5.97 Å². The topological polar surface area (TPSA) is 119 Å². The highest BCUT2D eigenvalue weighted by Crippen LogP contribution is 2.29. The molecule has 0 aliphatic carbocycles. The highest BCUT2D eigenvalue weighted by molar-refractivity contribution is 7.91. The number of hydrogen-bond donors (Lipinski definition) is 2. The van der Waals surface area contributed by atoms with E-state index in [-0.39, 0.29) is 29.4 Å². The SMILES string of the molecule is COc1ccc(S(=O)(=O)CCC(=O)NC(CC(C)C)C(=O)O)cc1OC. The van der Waals surface area contributed by atoms with Gasteiger partial charge in [-0.15, -0.1) is 0 Å². The summed E-state index contributed by atoms with van der Waals surface area (Å²) in [6.07, 6.45) is -0.0674. The maximum atomic E-state index is 12.4. The Kier molecular flexibility index (Phi) is 7.88. The number of carboxylic acids is 1. The number of amides is 1. The van der Waals surface area contributed by atoms with Crippen molar-refractivity contribution in [1.82, 2.24) is 5.32 Å². The fraction of sp³-hybridized carbons (Fsp3) is 0.529. The molecule has 1 amide bonds. The van der Waals surface area contributed by atoms with Gasteiger partial charge in [-0.2, -0.15) is 0 Å². The molecule has 1 aromatic rings. The number of rotatable bonds is 10. The van der Waals surface area contributed by atoms with Crippen LogP contribution in [-0.2, 0) is 19.4 Å². The van der Waals surface area contributed by atoms with E-state index >= 15 is 0 Å². The zero-order valence-electron chi connectivity index (χ0n) is 15.3. The molecule has 2 N–H and O–H groups in total. The Balaban J connectivity index is 2.78. The van der Waals surface area contributed by atoms with Gasteiger partial charge in [-0.05, 0) is 24.5 Å². The molecule has 146 valence electrons. The largest absolute Gasteiger partial charge is 0.493 e. The maximum Gasteiger partial charge on any atom is 0.326 e. The van der Waals surface area contributed by atoms with Crippen LogP contribution in [0.1, 0.15) is 26.7 Å². The van der Waals surface area contributed by atoms with Gasteiger partial charge in [-0.25, -0.2) is 13.2 Å². The van der Waals surface area contributed by atoms with Gasteiger partial charge in [0.15, 0.2) is 21.3 Å². The van der Waals surface area contributed by atoms with Crippen molar-refractivity contribution < 1.29 is 32.6 Å². The molecule has 0 spiro atoms. The number of aliphatic carboxylic acids is 1. The zero-order valence-corrected chi connectivity index (χ0v) is 16.1. The fourth-order valence-corrected chi connectivity index (χ4v) is 3.57. The van der Waals surface area contributed by atoms with Crippen molar-refractivity contribution >= 4 is 21.7 Å². The molecule has 1 atom stereocenters.